The van der Waals surface area contributed by atoms with Gasteiger partial charge >= 0.3 is 23.8 Å². The second-order valence-corrected chi connectivity index (χ2v) is 1.82. The molecule has 0 radical (unpaired) electrons. The number of aromatic nitrogens is 1. The molecule has 0 aliphatic heterocycles. The Morgan fingerprint density at radius 1 is 1.46 bits per heavy atom. The molecule has 0 fully saturated rings. The maximum Gasteiger partial charge on any atom is 0.425 e. The van der Waals surface area contributed by atoms with Crippen molar-refractivity contribution in [2.24, 2.45) is 0 Å². The first-order valence-corrected chi connectivity index (χ1v) is 3.00. The molecule has 1 N–H and O–H groups in total. The molecule has 0 saturated heterocycles. The van der Waals surface area contributed by atoms with Gasteiger partial charge in [0.25, 0.3) is 0 Å². The third kappa shape index (κ3) is 2.12. The van der Waals surface area contributed by atoms with E-state index in [0.29, 0.717) is 0 Å². The van der Waals surface area contributed by atoms with Crippen molar-refractivity contribution in [1.82, 2.24) is 4.98 Å². The molecule has 0 bridgehead atoms. The van der Waals surface area contributed by atoms with Gasteiger partial charge in [0.15, 0.2) is 0 Å². The lowest BCUT2D eigenvalue weighted by Gasteiger charge is -1.93. The zero-order valence-corrected chi connectivity index (χ0v) is 6.09. The van der Waals surface area contributed by atoms with E-state index in [-0.39, 0.29) is 0 Å². The van der Waals surface area contributed by atoms with Gasteiger partial charge in [-0.15, -0.1) is 0 Å². The van der Waals surface area contributed by atoms with Crippen molar-refractivity contribution in [3.05, 3.63) is 18.4 Å². The number of hydrogen-bond acceptors (Lipinski definition) is 6. The zero-order valence-electron chi connectivity index (χ0n) is 6.09. The molecule has 13 heavy (non-hydrogen) atoms. The predicted octanol–water partition coefficient (Wildman–Crippen LogP) is -0.557. The Labute approximate surface area is 70.9 Å². The largest absolute Gasteiger partial charge is 0.473 e. The van der Waals surface area contributed by atoms with Gasteiger partial charge in [0, 0.05) is 0 Å². The Bertz CT molecular complexity index is 340. The van der Waals surface area contributed by atoms with Crippen molar-refractivity contribution in [2.45, 2.75) is 0 Å². The van der Waals surface area contributed by atoms with Crippen LogP contribution in [0.25, 0.3) is 0 Å². The summed E-state index contributed by atoms with van der Waals surface area (Å²) < 4.78 is 8.27. The van der Waals surface area contributed by atoms with Crippen LogP contribution in [0.4, 0.5) is 0 Å². The molecule has 1 aromatic heterocycles. The molecule has 0 saturated carbocycles. The maximum absolute atomic E-state index is 10.8. The highest BCUT2D eigenvalue weighted by atomic mass is 16.6. The van der Waals surface area contributed by atoms with Crippen LogP contribution in [0.15, 0.2) is 16.9 Å². The van der Waals surface area contributed by atoms with E-state index >= 15 is 0 Å². The van der Waals surface area contributed by atoms with E-state index in [1.54, 1.807) is 0 Å². The van der Waals surface area contributed by atoms with Crippen LogP contribution >= 0.6 is 0 Å². The molecule has 68 valence electrons. The number of esters is 2. The Hall–Kier alpha value is -2.18. The number of carboxylic acid groups (broad SMARTS) is 1. The highest BCUT2D eigenvalue weighted by Gasteiger charge is 2.21. The molecule has 0 unspecified atom stereocenters. The quantitative estimate of drug-likeness (QED) is 0.355. The second-order valence-electron chi connectivity index (χ2n) is 1.82. The topological polar surface area (TPSA) is 107 Å². The van der Waals surface area contributed by atoms with Crippen LogP contribution in [0.2, 0.25) is 0 Å². The van der Waals surface area contributed by atoms with Crippen molar-refractivity contribution in [1.29, 1.82) is 0 Å². The SMILES string of the molecule is O=C(O)C(=O)OC(=O)c1ncco1. The summed E-state index contributed by atoms with van der Waals surface area (Å²) in [6.45, 7) is 0. The van der Waals surface area contributed by atoms with Crippen LogP contribution in [0.5, 0.6) is 0 Å². The first-order chi connectivity index (χ1) is 6.11. The average molecular weight is 185 g/mol. The van der Waals surface area contributed by atoms with Gasteiger partial charge in [-0.1, -0.05) is 0 Å². The Balaban J connectivity index is 2.62. The van der Waals surface area contributed by atoms with E-state index < -0.39 is 23.8 Å². The van der Waals surface area contributed by atoms with Crippen LogP contribution in [-0.4, -0.2) is 28.0 Å². The van der Waals surface area contributed by atoms with Crippen LogP contribution in [0.1, 0.15) is 10.7 Å². The van der Waals surface area contributed by atoms with Gasteiger partial charge in [-0.3, -0.25) is 0 Å². The second kappa shape index (κ2) is 3.48. The van der Waals surface area contributed by atoms with Gasteiger partial charge < -0.3 is 14.3 Å². The minimum absolute atomic E-state index is 0.477. The summed E-state index contributed by atoms with van der Waals surface area (Å²) in [5.41, 5.74) is 0. The lowest BCUT2D eigenvalue weighted by molar-refractivity contribution is -0.160. The molecular formula is C6H3NO6. The fourth-order valence-electron chi connectivity index (χ4n) is 0.496. The van der Waals surface area contributed by atoms with Gasteiger partial charge in [0.2, 0.25) is 0 Å². The van der Waals surface area contributed by atoms with E-state index in [2.05, 4.69) is 14.1 Å². The molecule has 0 aromatic carbocycles. The lowest BCUT2D eigenvalue weighted by Crippen LogP contribution is -2.20. The van der Waals surface area contributed by atoms with Gasteiger partial charge in [0.1, 0.15) is 6.26 Å². The van der Waals surface area contributed by atoms with Crippen molar-refractivity contribution in [3.63, 3.8) is 0 Å². The number of aliphatic carboxylic acids is 1. The van der Waals surface area contributed by atoms with Crippen LogP contribution < -0.4 is 0 Å². The standard InChI is InChI=1S/C6H3NO6/c8-4(9)6(11)13-5(10)3-7-1-2-12-3/h1-2H,(H,8,9). The summed E-state index contributed by atoms with van der Waals surface area (Å²) in [5.74, 6) is -5.25. The number of carbonyl (C=O) groups is 3. The third-order valence-electron chi connectivity index (χ3n) is 0.967. The molecule has 0 amide bonds. The summed E-state index contributed by atoms with van der Waals surface area (Å²) >= 11 is 0. The molecule has 1 rings (SSSR count). The Kier molecular flexibility index (Phi) is 2.38. The van der Waals surface area contributed by atoms with E-state index in [9.17, 15) is 14.4 Å². The Morgan fingerprint density at radius 3 is 2.62 bits per heavy atom. The molecule has 1 aromatic rings. The van der Waals surface area contributed by atoms with E-state index in [4.69, 9.17) is 5.11 Å². The predicted molar refractivity (Wildman–Crippen MR) is 34.6 cm³/mol. The van der Waals surface area contributed by atoms with Crippen LogP contribution in [0, 0.1) is 0 Å². The summed E-state index contributed by atoms with van der Waals surface area (Å²) in [5, 5.41) is 8.05. The number of oxazole rings is 1. The number of ether oxygens (including phenoxy) is 1. The first-order valence-electron chi connectivity index (χ1n) is 3.00. The van der Waals surface area contributed by atoms with Gasteiger partial charge in [-0.2, -0.15) is 0 Å². The van der Waals surface area contributed by atoms with Crippen LogP contribution in [-0.2, 0) is 14.3 Å². The highest BCUT2D eigenvalue weighted by molar-refractivity contribution is 6.31. The van der Waals surface area contributed by atoms with E-state index in [1.807, 2.05) is 0 Å². The normalized spacial score (nSPS) is 9.23. The van der Waals surface area contributed by atoms with Crippen LogP contribution in [0.3, 0.4) is 0 Å². The van der Waals surface area contributed by atoms with Crippen molar-refractivity contribution >= 4 is 17.9 Å². The zero-order chi connectivity index (χ0) is 9.84. The maximum atomic E-state index is 10.8. The van der Waals surface area contributed by atoms with Gasteiger partial charge in [0.05, 0.1) is 6.20 Å². The minimum atomic E-state index is -1.86. The molecule has 1 heterocycles. The first kappa shape index (κ1) is 8.91. The molecule has 0 aliphatic rings. The number of rotatable bonds is 1. The van der Waals surface area contributed by atoms with Crippen molar-refractivity contribution < 1.29 is 28.6 Å². The number of hydrogen-bond donors (Lipinski definition) is 1. The van der Waals surface area contributed by atoms with Gasteiger partial charge in [-0.25, -0.2) is 19.4 Å². The number of carboxylic acids is 1. The monoisotopic (exact) mass is 185 g/mol. The summed E-state index contributed by atoms with van der Waals surface area (Å²) in [6.07, 6.45) is 2.24. The number of nitrogens with zero attached hydrogens (tertiary/aromatic N) is 1. The molecular weight excluding hydrogens is 182 g/mol. The lowest BCUT2D eigenvalue weighted by atomic mass is 10.6. The summed E-state index contributed by atoms with van der Waals surface area (Å²) in [7, 11) is 0. The fraction of sp³-hybridized carbons (Fsp3) is 0. The molecule has 7 nitrogen and oxygen atoms in total. The van der Waals surface area contributed by atoms with E-state index in [0.717, 1.165) is 12.5 Å². The van der Waals surface area contributed by atoms with Crippen molar-refractivity contribution in [2.75, 3.05) is 0 Å². The molecule has 7 heteroatoms. The molecule has 0 spiro atoms. The average Bonchev–Trinajstić information content (AvgIpc) is 2.55. The summed E-state index contributed by atoms with van der Waals surface area (Å²) in [4.78, 5) is 34.4. The Morgan fingerprint density at radius 2 is 2.15 bits per heavy atom. The number of carbonyl (C=O) groups excluding carboxylic acids is 2. The van der Waals surface area contributed by atoms with E-state index in [1.165, 1.54) is 0 Å². The highest BCUT2D eigenvalue weighted by Crippen LogP contribution is 1.97. The van der Waals surface area contributed by atoms with Gasteiger partial charge in [-0.05, 0) is 0 Å². The minimum Gasteiger partial charge on any atom is -0.473 e. The molecule has 0 aliphatic carbocycles. The smallest absolute Gasteiger partial charge is 0.425 e. The fourth-order valence-corrected chi connectivity index (χ4v) is 0.496. The van der Waals surface area contributed by atoms with Crippen molar-refractivity contribution in [3.8, 4) is 0 Å². The summed E-state index contributed by atoms with van der Waals surface area (Å²) in [6, 6.07) is 0. The third-order valence-corrected chi connectivity index (χ3v) is 0.967. The molecule has 0 atom stereocenters.